The number of aryl methyl sites for hydroxylation is 2. The molecular formula is C14H13ClFNO. The van der Waals surface area contributed by atoms with E-state index in [1.54, 1.807) is 19.1 Å². The van der Waals surface area contributed by atoms with Crippen LogP contribution in [-0.4, -0.2) is 10.1 Å². The first-order chi connectivity index (χ1) is 8.49. The van der Waals surface area contributed by atoms with Crippen LogP contribution < -0.4 is 0 Å². The molecule has 94 valence electrons. The monoisotopic (exact) mass is 265 g/mol. The minimum atomic E-state index is -0.971. The molecule has 4 heteroatoms. The van der Waals surface area contributed by atoms with Gasteiger partial charge in [-0.3, -0.25) is 4.98 Å². The van der Waals surface area contributed by atoms with Gasteiger partial charge in [0.25, 0.3) is 0 Å². The molecule has 0 radical (unpaired) electrons. The lowest BCUT2D eigenvalue weighted by molar-refractivity contribution is 0.218. The van der Waals surface area contributed by atoms with Crippen LogP contribution in [0.3, 0.4) is 0 Å². The minimum Gasteiger partial charge on any atom is -0.384 e. The summed E-state index contributed by atoms with van der Waals surface area (Å²) < 4.78 is 13.2. The van der Waals surface area contributed by atoms with Gasteiger partial charge in [-0.15, -0.1) is 0 Å². The molecule has 2 aromatic rings. The van der Waals surface area contributed by atoms with E-state index in [1.807, 2.05) is 6.92 Å². The zero-order chi connectivity index (χ0) is 13.3. The van der Waals surface area contributed by atoms with Crippen LogP contribution in [0.5, 0.6) is 0 Å². The van der Waals surface area contributed by atoms with Crippen LogP contribution in [0.2, 0.25) is 5.02 Å². The molecule has 0 fully saturated rings. The summed E-state index contributed by atoms with van der Waals surface area (Å²) in [5.74, 6) is -0.425. The summed E-state index contributed by atoms with van der Waals surface area (Å²) in [5, 5.41) is 10.6. The van der Waals surface area contributed by atoms with Crippen LogP contribution in [0.15, 0.2) is 30.3 Å². The van der Waals surface area contributed by atoms with E-state index in [0.29, 0.717) is 21.8 Å². The highest BCUT2D eigenvalue weighted by Gasteiger charge is 2.17. The average molecular weight is 266 g/mol. The molecule has 0 saturated carbocycles. The van der Waals surface area contributed by atoms with Gasteiger partial charge in [0.05, 0.1) is 0 Å². The molecule has 2 rings (SSSR count). The Balaban J connectivity index is 2.47. The number of pyridine rings is 1. The van der Waals surface area contributed by atoms with Gasteiger partial charge in [-0.2, -0.15) is 0 Å². The Morgan fingerprint density at radius 1 is 1.17 bits per heavy atom. The smallest absolute Gasteiger partial charge is 0.123 e. The average Bonchev–Trinajstić information content (AvgIpc) is 2.31. The lowest BCUT2D eigenvalue weighted by Gasteiger charge is -2.15. The minimum absolute atomic E-state index is 0.337. The van der Waals surface area contributed by atoms with Crippen molar-refractivity contribution < 1.29 is 9.50 Å². The molecule has 0 saturated heterocycles. The molecule has 1 aromatic carbocycles. The molecule has 0 spiro atoms. The second kappa shape index (κ2) is 5.04. The number of benzene rings is 1. The fraction of sp³-hybridized carbons (Fsp3) is 0.214. The number of rotatable bonds is 2. The predicted molar refractivity (Wildman–Crippen MR) is 69.2 cm³/mol. The zero-order valence-corrected chi connectivity index (χ0v) is 10.9. The molecule has 1 atom stereocenters. The van der Waals surface area contributed by atoms with Gasteiger partial charge in [0.1, 0.15) is 11.9 Å². The second-order valence-electron chi connectivity index (χ2n) is 4.20. The first-order valence-corrected chi connectivity index (χ1v) is 5.94. The van der Waals surface area contributed by atoms with Crippen molar-refractivity contribution in [3.05, 3.63) is 63.7 Å². The zero-order valence-electron chi connectivity index (χ0n) is 10.1. The van der Waals surface area contributed by atoms with E-state index in [-0.39, 0.29) is 0 Å². The Morgan fingerprint density at radius 3 is 2.56 bits per heavy atom. The van der Waals surface area contributed by atoms with Gasteiger partial charge >= 0.3 is 0 Å². The highest BCUT2D eigenvalue weighted by molar-refractivity contribution is 6.31. The molecule has 1 aromatic heterocycles. The van der Waals surface area contributed by atoms with E-state index in [9.17, 15) is 9.50 Å². The standard InChI is InChI=1S/C14H13ClFNO/c1-8-3-5-11(9(2)17-8)14(18)12-7-10(16)4-6-13(12)15/h3-7,14,18H,1-2H3. The van der Waals surface area contributed by atoms with Crippen molar-refractivity contribution in [2.45, 2.75) is 20.0 Å². The third-order valence-corrected chi connectivity index (χ3v) is 3.16. The molecule has 0 amide bonds. The normalized spacial score (nSPS) is 12.5. The summed E-state index contributed by atoms with van der Waals surface area (Å²) in [6.45, 7) is 3.68. The quantitative estimate of drug-likeness (QED) is 0.900. The molecule has 1 N–H and O–H groups in total. The first kappa shape index (κ1) is 13.0. The third-order valence-electron chi connectivity index (χ3n) is 2.81. The van der Waals surface area contributed by atoms with Crippen LogP contribution in [0, 0.1) is 19.7 Å². The van der Waals surface area contributed by atoms with E-state index in [4.69, 9.17) is 11.6 Å². The number of aliphatic hydroxyl groups excluding tert-OH is 1. The fourth-order valence-electron chi connectivity index (χ4n) is 1.88. The number of hydrogen-bond acceptors (Lipinski definition) is 2. The van der Waals surface area contributed by atoms with Crippen molar-refractivity contribution in [2.75, 3.05) is 0 Å². The van der Waals surface area contributed by atoms with E-state index >= 15 is 0 Å². The van der Waals surface area contributed by atoms with Crippen molar-refractivity contribution >= 4 is 11.6 Å². The lowest BCUT2D eigenvalue weighted by atomic mass is 10.00. The Hall–Kier alpha value is -1.45. The summed E-state index contributed by atoms with van der Waals surface area (Å²) >= 11 is 5.98. The second-order valence-corrected chi connectivity index (χ2v) is 4.60. The topological polar surface area (TPSA) is 33.1 Å². The van der Waals surface area contributed by atoms with Gasteiger partial charge in [0.15, 0.2) is 0 Å². The highest BCUT2D eigenvalue weighted by atomic mass is 35.5. The van der Waals surface area contributed by atoms with Gasteiger partial charge < -0.3 is 5.11 Å². The Bertz CT molecular complexity index is 586. The number of nitrogens with zero attached hydrogens (tertiary/aromatic N) is 1. The lowest BCUT2D eigenvalue weighted by Crippen LogP contribution is -2.05. The van der Waals surface area contributed by atoms with Gasteiger partial charge in [-0.1, -0.05) is 17.7 Å². The van der Waals surface area contributed by atoms with Crippen LogP contribution >= 0.6 is 11.6 Å². The molecule has 0 aliphatic rings. The van der Waals surface area contributed by atoms with E-state index in [1.165, 1.54) is 18.2 Å². The van der Waals surface area contributed by atoms with Crippen molar-refractivity contribution in [3.8, 4) is 0 Å². The summed E-state index contributed by atoms with van der Waals surface area (Å²) in [5.41, 5.74) is 2.56. The van der Waals surface area contributed by atoms with Gasteiger partial charge in [0, 0.05) is 27.5 Å². The largest absolute Gasteiger partial charge is 0.384 e. The molecule has 1 heterocycles. The molecule has 1 unspecified atom stereocenters. The summed E-state index contributed by atoms with van der Waals surface area (Å²) in [4.78, 5) is 4.28. The van der Waals surface area contributed by atoms with E-state index < -0.39 is 11.9 Å². The highest BCUT2D eigenvalue weighted by Crippen LogP contribution is 2.30. The predicted octanol–water partition coefficient (Wildman–Crippen LogP) is 3.57. The van der Waals surface area contributed by atoms with Crippen molar-refractivity contribution in [2.24, 2.45) is 0 Å². The Labute approximate surface area is 110 Å². The molecule has 2 nitrogen and oxygen atoms in total. The molecular weight excluding hydrogens is 253 g/mol. The van der Waals surface area contributed by atoms with Crippen LogP contribution in [-0.2, 0) is 0 Å². The summed E-state index contributed by atoms with van der Waals surface area (Å²) in [6.07, 6.45) is -0.971. The molecule has 18 heavy (non-hydrogen) atoms. The number of aromatic nitrogens is 1. The number of aliphatic hydroxyl groups is 1. The molecule has 0 aliphatic carbocycles. The maximum Gasteiger partial charge on any atom is 0.123 e. The third kappa shape index (κ3) is 2.52. The fourth-order valence-corrected chi connectivity index (χ4v) is 2.10. The van der Waals surface area contributed by atoms with Crippen molar-refractivity contribution in [3.63, 3.8) is 0 Å². The Kier molecular flexibility index (Phi) is 3.64. The maximum atomic E-state index is 13.2. The van der Waals surface area contributed by atoms with E-state index in [2.05, 4.69) is 4.98 Å². The Morgan fingerprint density at radius 2 is 1.89 bits per heavy atom. The van der Waals surface area contributed by atoms with Gasteiger partial charge in [0.2, 0.25) is 0 Å². The van der Waals surface area contributed by atoms with Gasteiger partial charge in [-0.25, -0.2) is 4.39 Å². The number of hydrogen-bond donors (Lipinski definition) is 1. The summed E-state index contributed by atoms with van der Waals surface area (Å²) in [7, 11) is 0. The van der Waals surface area contributed by atoms with Crippen LogP contribution in [0.25, 0.3) is 0 Å². The van der Waals surface area contributed by atoms with Crippen molar-refractivity contribution in [1.29, 1.82) is 0 Å². The first-order valence-electron chi connectivity index (χ1n) is 5.56. The van der Waals surface area contributed by atoms with Crippen molar-refractivity contribution in [1.82, 2.24) is 4.98 Å². The van der Waals surface area contributed by atoms with E-state index in [0.717, 1.165) is 5.69 Å². The summed E-state index contributed by atoms with van der Waals surface area (Å²) in [6, 6.07) is 7.53. The van der Waals surface area contributed by atoms with Crippen LogP contribution in [0.1, 0.15) is 28.6 Å². The van der Waals surface area contributed by atoms with Crippen LogP contribution in [0.4, 0.5) is 4.39 Å². The SMILES string of the molecule is Cc1ccc(C(O)c2cc(F)ccc2Cl)c(C)n1. The molecule has 0 bridgehead atoms. The maximum absolute atomic E-state index is 13.2. The van der Waals surface area contributed by atoms with Gasteiger partial charge in [-0.05, 0) is 38.1 Å². The number of halogens is 2. The molecule has 0 aliphatic heterocycles.